The Morgan fingerprint density at radius 3 is 2.24 bits per heavy atom. The van der Waals surface area contributed by atoms with Crippen molar-refractivity contribution >= 4 is 17.4 Å². The standard InChI is InChI=1S/C16H23NO4/c1-6-21-15(19)16(2,3)14(18)11-17(4)12-7-9-13(20-5)10-8-12/h7-10H,6,11H2,1-5H3. The van der Waals surface area contributed by atoms with Gasteiger partial charge in [-0.1, -0.05) is 0 Å². The van der Waals surface area contributed by atoms with E-state index in [0.717, 1.165) is 11.4 Å². The van der Waals surface area contributed by atoms with E-state index >= 15 is 0 Å². The lowest BCUT2D eigenvalue weighted by Crippen LogP contribution is -2.41. The maximum atomic E-state index is 12.3. The average molecular weight is 293 g/mol. The van der Waals surface area contributed by atoms with Crippen LogP contribution in [0, 0.1) is 5.41 Å². The molecule has 0 bridgehead atoms. The molecule has 0 aliphatic heterocycles. The van der Waals surface area contributed by atoms with Gasteiger partial charge in [-0.25, -0.2) is 0 Å². The van der Waals surface area contributed by atoms with E-state index in [9.17, 15) is 9.59 Å². The van der Waals surface area contributed by atoms with Crippen LogP contribution in [0.25, 0.3) is 0 Å². The summed E-state index contributed by atoms with van der Waals surface area (Å²) >= 11 is 0. The summed E-state index contributed by atoms with van der Waals surface area (Å²) in [6.07, 6.45) is 0. The van der Waals surface area contributed by atoms with E-state index in [1.54, 1.807) is 39.8 Å². The molecule has 5 nitrogen and oxygen atoms in total. The van der Waals surface area contributed by atoms with E-state index in [2.05, 4.69) is 0 Å². The monoisotopic (exact) mass is 293 g/mol. The summed E-state index contributed by atoms with van der Waals surface area (Å²) in [5, 5.41) is 0. The SMILES string of the molecule is CCOC(=O)C(C)(C)C(=O)CN(C)c1ccc(OC)cc1. The Labute approximate surface area is 125 Å². The molecule has 1 rings (SSSR count). The second-order valence-corrected chi connectivity index (χ2v) is 5.32. The highest BCUT2D eigenvalue weighted by molar-refractivity contribution is 6.04. The first-order chi connectivity index (χ1) is 9.82. The molecule has 5 heteroatoms. The van der Waals surface area contributed by atoms with Crippen molar-refractivity contribution in [2.45, 2.75) is 20.8 Å². The molecule has 0 unspecified atom stereocenters. The quantitative estimate of drug-likeness (QED) is 0.570. The minimum absolute atomic E-state index is 0.137. The number of benzene rings is 1. The topological polar surface area (TPSA) is 55.8 Å². The van der Waals surface area contributed by atoms with Gasteiger partial charge in [-0.2, -0.15) is 0 Å². The van der Waals surface area contributed by atoms with Gasteiger partial charge in [0.1, 0.15) is 11.2 Å². The fraction of sp³-hybridized carbons (Fsp3) is 0.500. The van der Waals surface area contributed by atoms with Gasteiger partial charge in [-0.05, 0) is 45.0 Å². The third-order valence-electron chi connectivity index (χ3n) is 3.38. The van der Waals surface area contributed by atoms with Gasteiger partial charge in [-0.3, -0.25) is 9.59 Å². The van der Waals surface area contributed by atoms with Crippen LogP contribution in [0.5, 0.6) is 5.75 Å². The van der Waals surface area contributed by atoms with Crippen molar-refractivity contribution in [2.75, 3.05) is 32.2 Å². The van der Waals surface area contributed by atoms with Crippen LogP contribution in [0.3, 0.4) is 0 Å². The maximum absolute atomic E-state index is 12.3. The number of hydrogen-bond acceptors (Lipinski definition) is 5. The highest BCUT2D eigenvalue weighted by Crippen LogP contribution is 2.22. The van der Waals surface area contributed by atoms with Gasteiger partial charge in [0.05, 0.1) is 20.3 Å². The third-order valence-corrected chi connectivity index (χ3v) is 3.38. The van der Waals surface area contributed by atoms with Crippen molar-refractivity contribution in [1.29, 1.82) is 0 Å². The molecule has 0 aliphatic carbocycles. The summed E-state index contributed by atoms with van der Waals surface area (Å²) < 4.78 is 10.0. The minimum atomic E-state index is -1.14. The normalized spacial score (nSPS) is 10.9. The molecule has 1 aromatic carbocycles. The molecule has 0 saturated heterocycles. The second-order valence-electron chi connectivity index (χ2n) is 5.32. The second kappa shape index (κ2) is 7.11. The summed E-state index contributed by atoms with van der Waals surface area (Å²) in [4.78, 5) is 25.9. The van der Waals surface area contributed by atoms with E-state index in [0.29, 0.717) is 0 Å². The zero-order valence-corrected chi connectivity index (χ0v) is 13.3. The largest absolute Gasteiger partial charge is 0.497 e. The van der Waals surface area contributed by atoms with E-state index in [1.165, 1.54) is 0 Å². The first-order valence-electron chi connectivity index (χ1n) is 6.88. The number of likely N-dealkylation sites (N-methyl/N-ethyl adjacent to an activating group) is 1. The van der Waals surface area contributed by atoms with Crippen LogP contribution in [0.2, 0.25) is 0 Å². The lowest BCUT2D eigenvalue weighted by molar-refractivity contribution is -0.157. The van der Waals surface area contributed by atoms with Gasteiger partial charge in [-0.15, -0.1) is 0 Å². The van der Waals surface area contributed by atoms with Gasteiger partial charge in [0.2, 0.25) is 0 Å². The first kappa shape index (κ1) is 17.0. The summed E-state index contributed by atoms with van der Waals surface area (Å²) in [5.41, 5.74) is -0.264. The molecule has 0 aliphatic rings. The Morgan fingerprint density at radius 2 is 1.76 bits per heavy atom. The van der Waals surface area contributed by atoms with Crippen molar-refractivity contribution in [3.05, 3.63) is 24.3 Å². The molecule has 0 N–H and O–H groups in total. The van der Waals surface area contributed by atoms with Gasteiger partial charge in [0.15, 0.2) is 5.78 Å². The number of methoxy groups -OCH3 is 1. The van der Waals surface area contributed by atoms with Crippen LogP contribution in [0.15, 0.2) is 24.3 Å². The lowest BCUT2D eigenvalue weighted by Gasteiger charge is -2.25. The Morgan fingerprint density at radius 1 is 1.19 bits per heavy atom. The number of ketones is 1. The zero-order chi connectivity index (χ0) is 16.0. The Balaban J connectivity index is 2.74. The summed E-state index contributed by atoms with van der Waals surface area (Å²) in [7, 11) is 3.41. The van der Waals surface area contributed by atoms with Gasteiger partial charge < -0.3 is 14.4 Å². The molecule has 21 heavy (non-hydrogen) atoms. The van der Waals surface area contributed by atoms with E-state index in [1.807, 2.05) is 24.3 Å². The summed E-state index contributed by atoms with van der Waals surface area (Å²) in [5.74, 6) is 0.0859. The number of nitrogens with zero attached hydrogens (tertiary/aromatic N) is 1. The van der Waals surface area contributed by atoms with Gasteiger partial charge >= 0.3 is 5.97 Å². The van der Waals surface area contributed by atoms with Gasteiger partial charge in [0, 0.05) is 12.7 Å². The fourth-order valence-corrected chi connectivity index (χ4v) is 1.77. The summed E-state index contributed by atoms with van der Waals surface area (Å²) in [6.45, 7) is 5.31. The van der Waals surface area contributed by atoms with Crippen molar-refractivity contribution in [3.8, 4) is 5.75 Å². The molecule has 0 heterocycles. The number of esters is 1. The Kier molecular flexibility index (Phi) is 5.76. The predicted molar refractivity (Wildman–Crippen MR) is 81.7 cm³/mol. The zero-order valence-electron chi connectivity index (χ0n) is 13.3. The molecule has 1 aromatic rings. The predicted octanol–water partition coefficient (Wildman–Crippen LogP) is 2.29. The van der Waals surface area contributed by atoms with Crippen molar-refractivity contribution in [3.63, 3.8) is 0 Å². The number of ether oxygens (including phenoxy) is 2. The number of carbonyl (C=O) groups is 2. The first-order valence-corrected chi connectivity index (χ1v) is 6.88. The van der Waals surface area contributed by atoms with Crippen LogP contribution < -0.4 is 9.64 Å². The lowest BCUT2D eigenvalue weighted by atomic mass is 9.88. The van der Waals surface area contributed by atoms with Crippen LogP contribution in [-0.4, -0.2) is 39.1 Å². The maximum Gasteiger partial charge on any atom is 0.319 e. The smallest absolute Gasteiger partial charge is 0.319 e. The molecular weight excluding hydrogens is 270 g/mol. The van der Waals surface area contributed by atoms with Crippen LogP contribution in [-0.2, 0) is 14.3 Å². The number of carbonyl (C=O) groups excluding carboxylic acids is 2. The van der Waals surface area contributed by atoms with E-state index in [4.69, 9.17) is 9.47 Å². The number of Topliss-reactive ketones (excluding diaryl/α,β-unsaturated/α-hetero) is 1. The number of rotatable bonds is 7. The molecule has 0 aromatic heterocycles. The van der Waals surface area contributed by atoms with Crippen LogP contribution >= 0.6 is 0 Å². The molecule has 0 fully saturated rings. The van der Waals surface area contributed by atoms with Crippen molar-refractivity contribution in [2.24, 2.45) is 5.41 Å². The third kappa shape index (κ3) is 4.21. The van der Waals surface area contributed by atoms with E-state index < -0.39 is 11.4 Å². The van der Waals surface area contributed by atoms with Gasteiger partial charge in [0.25, 0.3) is 0 Å². The van der Waals surface area contributed by atoms with Crippen LogP contribution in [0.1, 0.15) is 20.8 Å². The van der Waals surface area contributed by atoms with Crippen LogP contribution in [0.4, 0.5) is 5.69 Å². The molecule has 0 atom stereocenters. The molecule has 0 radical (unpaired) electrons. The highest BCUT2D eigenvalue weighted by atomic mass is 16.5. The number of hydrogen-bond donors (Lipinski definition) is 0. The molecule has 0 saturated carbocycles. The van der Waals surface area contributed by atoms with Crippen molar-refractivity contribution in [1.82, 2.24) is 0 Å². The number of anilines is 1. The summed E-state index contributed by atoms with van der Waals surface area (Å²) in [6, 6.07) is 7.38. The fourth-order valence-electron chi connectivity index (χ4n) is 1.77. The Bertz CT molecular complexity index is 494. The Hall–Kier alpha value is -2.04. The minimum Gasteiger partial charge on any atom is -0.497 e. The molecule has 116 valence electrons. The molecule has 0 amide bonds. The van der Waals surface area contributed by atoms with Crippen molar-refractivity contribution < 1.29 is 19.1 Å². The van der Waals surface area contributed by atoms with E-state index in [-0.39, 0.29) is 18.9 Å². The average Bonchev–Trinajstić information content (AvgIpc) is 2.47. The molecule has 0 spiro atoms. The molecular formula is C16H23NO4. The highest BCUT2D eigenvalue weighted by Gasteiger charge is 2.37.